The van der Waals surface area contributed by atoms with Gasteiger partial charge < -0.3 is 15.4 Å². The fourth-order valence-corrected chi connectivity index (χ4v) is 2.07. The lowest BCUT2D eigenvalue weighted by atomic mass is 10.2. The summed E-state index contributed by atoms with van der Waals surface area (Å²) in [7, 11) is 0. The maximum absolute atomic E-state index is 13.1. The summed E-state index contributed by atoms with van der Waals surface area (Å²) in [6, 6.07) is 12.0. The number of amides is 2. The van der Waals surface area contributed by atoms with Crippen molar-refractivity contribution >= 4 is 29.1 Å². The van der Waals surface area contributed by atoms with Crippen LogP contribution in [0, 0.1) is 5.82 Å². The first-order valence-corrected chi connectivity index (χ1v) is 7.84. The number of nitrogens with one attached hydrogen (secondary N) is 3. The van der Waals surface area contributed by atoms with Gasteiger partial charge in [0.05, 0.1) is 6.61 Å². The van der Waals surface area contributed by atoms with Crippen LogP contribution in [0.4, 0.5) is 26.2 Å². The zero-order valence-electron chi connectivity index (χ0n) is 14.0. The van der Waals surface area contributed by atoms with Crippen molar-refractivity contribution < 1.29 is 18.7 Å². The summed E-state index contributed by atoms with van der Waals surface area (Å²) in [5.41, 5.74) is 1.69. The molecule has 0 aliphatic carbocycles. The van der Waals surface area contributed by atoms with Crippen LogP contribution in [0.5, 0.6) is 0 Å². The highest BCUT2D eigenvalue weighted by atomic mass is 19.1. The van der Waals surface area contributed by atoms with Gasteiger partial charge in [-0.2, -0.15) is 0 Å². The number of halogens is 1. The number of ether oxygens (including phenoxy) is 1. The maximum atomic E-state index is 13.1. The Morgan fingerprint density at radius 2 is 1.72 bits per heavy atom. The van der Waals surface area contributed by atoms with E-state index in [4.69, 9.17) is 4.74 Å². The lowest BCUT2D eigenvalue weighted by Gasteiger charge is -2.16. The number of carbonyl (C=O) groups is 2. The van der Waals surface area contributed by atoms with Crippen molar-refractivity contribution in [3.63, 3.8) is 0 Å². The van der Waals surface area contributed by atoms with E-state index in [9.17, 15) is 14.0 Å². The van der Waals surface area contributed by atoms with Crippen molar-refractivity contribution in [2.24, 2.45) is 0 Å². The van der Waals surface area contributed by atoms with Gasteiger partial charge in [0.1, 0.15) is 11.9 Å². The highest BCUT2D eigenvalue weighted by molar-refractivity contribution is 5.96. The molecule has 2 aromatic carbocycles. The molecule has 0 spiro atoms. The summed E-state index contributed by atoms with van der Waals surface area (Å²) in [6.45, 7) is 3.71. The molecule has 0 bridgehead atoms. The molecule has 2 aromatic rings. The van der Waals surface area contributed by atoms with Crippen molar-refractivity contribution in [2.75, 3.05) is 22.6 Å². The third-order valence-corrected chi connectivity index (χ3v) is 3.28. The molecule has 0 fully saturated rings. The van der Waals surface area contributed by atoms with E-state index in [-0.39, 0.29) is 5.91 Å². The molecule has 0 aliphatic heterocycles. The third-order valence-electron chi connectivity index (χ3n) is 3.28. The minimum atomic E-state index is -0.535. The predicted octanol–water partition coefficient (Wildman–Crippen LogP) is 3.83. The van der Waals surface area contributed by atoms with Crippen LogP contribution >= 0.6 is 0 Å². The smallest absolute Gasteiger partial charge is 0.411 e. The van der Waals surface area contributed by atoms with Crippen LogP contribution in [0.15, 0.2) is 48.5 Å². The molecule has 1 atom stereocenters. The van der Waals surface area contributed by atoms with Gasteiger partial charge in [0.2, 0.25) is 5.91 Å². The van der Waals surface area contributed by atoms with Crippen molar-refractivity contribution in [3.05, 3.63) is 54.3 Å². The van der Waals surface area contributed by atoms with Gasteiger partial charge in [-0.1, -0.05) is 6.07 Å². The zero-order valence-corrected chi connectivity index (χ0v) is 14.0. The molecular weight excluding hydrogens is 325 g/mol. The van der Waals surface area contributed by atoms with Crippen LogP contribution in [0.1, 0.15) is 13.8 Å². The van der Waals surface area contributed by atoms with E-state index in [1.807, 2.05) is 0 Å². The van der Waals surface area contributed by atoms with Crippen molar-refractivity contribution in [3.8, 4) is 0 Å². The van der Waals surface area contributed by atoms with Crippen molar-refractivity contribution in [2.45, 2.75) is 19.9 Å². The molecule has 6 nitrogen and oxygen atoms in total. The number of rotatable bonds is 6. The fourth-order valence-electron chi connectivity index (χ4n) is 2.07. The van der Waals surface area contributed by atoms with Gasteiger partial charge in [0.25, 0.3) is 0 Å². The number of hydrogen-bond donors (Lipinski definition) is 3. The zero-order chi connectivity index (χ0) is 18.2. The molecule has 3 N–H and O–H groups in total. The Morgan fingerprint density at radius 1 is 1.04 bits per heavy atom. The second-order valence-corrected chi connectivity index (χ2v) is 5.29. The normalized spacial score (nSPS) is 11.3. The van der Waals surface area contributed by atoms with Crippen molar-refractivity contribution in [1.29, 1.82) is 0 Å². The van der Waals surface area contributed by atoms with E-state index in [0.717, 1.165) is 0 Å². The Kier molecular flexibility index (Phi) is 6.33. The second kappa shape index (κ2) is 8.68. The van der Waals surface area contributed by atoms with E-state index in [1.54, 1.807) is 44.2 Å². The van der Waals surface area contributed by atoms with Crippen LogP contribution in [0.3, 0.4) is 0 Å². The molecule has 0 aromatic heterocycles. The molecule has 2 amide bonds. The Labute approximate surface area is 145 Å². The maximum Gasteiger partial charge on any atom is 0.411 e. The average molecular weight is 345 g/mol. The van der Waals surface area contributed by atoms with Crippen LogP contribution < -0.4 is 16.0 Å². The number of anilines is 3. The summed E-state index contributed by atoms with van der Waals surface area (Å²) in [5.74, 6) is -0.706. The first-order chi connectivity index (χ1) is 12.0. The Bertz CT molecular complexity index is 735. The van der Waals surface area contributed by atoms with Crippen LogP contribution in [0.25, 0.3) is 0 Å². The standard InChI is InChI=1S/C18H20FN3O3/c1-3-25-18(24)22-15-9-7-14(8-10-15)20-12(2)17(23)21-16-6-4-5-13(19)11-16/h4-12,20H,3H2,1-2H3,(H,21,23)(H,22,24)/t12-/m0/s1. The van der Waals surface area contributed by atoms with Gasteiger partial charge in [0.15, 0.2) is 0 Å². The van der Waals surface area contributed by atoms with E-state index >= 15 is 0 Å². The predicted molar refractivity (Wildman–Crippen MR) is 95.2 cm³/mol. The highest BCUT2D eigenvalue weighted by Gasteiger charge is 2.13. The first-order valence-electron chi connectivity index (χ1n) is 7.84. The monoisotopic (exact) mass is 345 g/mol. The number of carbonyl (C=O) groups excluding carboxylic acids is 2. The molecule has 0 heterocycles. The van der Waals surface area contributed by atoms with Crippen LogP contribution in [-0.4, -0.2) is 24.6 Å². The summed E-state index contributed by atoms with van der Waals surface area (Å²) < 4.78 is 17.9. The van der Waals surface area contributed by atoms with E-state index < -0.39 is 18.0 Å². The molecule has 0 radical (unpaired) electrons. The van der Waals surface area contributed by atoms with Gasteiger partial charge in [-0.15, -0.1) is 0 Å². The quantitative estimate of drug-likeness (QED) is 0.743. The average Bonchev–Trinajstić information content (AvgIpc) is 2.57. The lowest BCUT2D eigenvalue weighted by molar-refractivity contribution is -0.116. The van der Waals surface area contributed by atoms with Gasteiger partial charge in [0, 0.05) is 17.1 Å². The second-order valence-electron chi connectivity index (χ2n) is 5.29. The molecule has 0 unspecified atom stereocenters. The molecule has 2 rings (SSSR count). The summed E-state index contributed by atoms with van der Waals surface area (Å²) in [4.78, 5) is 23.5. The van der Waals surface area contributed by atoms with E-state index in [0.29, 0.717) is 23.7 Å². The van der Waals surface area contributed by atoms with E-state index in [2.05, 4.69) is 16.0 Å². The molecule has 0 aliphatic rings. The Balaban J connectivity index is 1.90. The SMILES string of the molecule is CCOC(=O)Nc1ccc(N[C@@H](C)C(=O)Nc2cccc(F)c2)cc1. The highest BCUT2D eigenvalue weighted by Crippen LogP contribution is 2.15. The Hall–Kier alpha value is -3.09. The van der Waals surface area contributed by atoms with Gasteiger partial charge in [-0.25, -0.2) is 9.18 Å². The van der Waals surface area contributed by atoms with Gasteiger partial charge in [-0.3, -0.25) is 10.1 Å². The van der Waals surface area contributed by atoms with Gasteiger partial charge >= 0.3 is 6.09 Å². The van der Waals surface area contributed by atoms with Crippen LogP contribution in [-0.2, 0) is 9.53 Å². The third kappa shape index (κ3) is 5.80. The number of hydrogen-bond acceptors (Lipinski definition) is 4. The Morgan fingerprint density at radius 3 is 2.36 bits per heavy atom. The summed E-state index contributed by atoms with van der Waals surface area (Å²) >= 11 is 0. The molecule has 132 valence electrons. The summed E-state index contributed by atoms with van der Waals surface area (Å²) in [5, 5.41) is 8.25. The van der Waals surface area contributed by atoms with Crippen molar-refractivity contribution in [1.82, 2.24) is 0 Å². The van der Waals surface area contributed by atoms with Crippen LogP contribution in [0.2, 0.25) is 0 Å². The lowest BCUT2D eigenvalue weighted by Crippen LogP contribution is -2.31. The molecule has 0 saturated carbocycles. The fraction of sp³-hybridized carbons (Fsp3) is 0.222. The number of benzene rings is 2. The molecule has 25 heavy (non-hydrogen) atoms. The molecule has 0 saturated heterocycles. The van der Waals surface area contributed by atoms with Gasteiger partial charge in [-0.05, 0) is 56.3 Å². The topological polar surface area (TPSA) is 79.5 Å². The first kappa shape index (κ1) is 18.3. The van der Waals surface area contributed by atoms with E-state index in [1.165, 1.54) is 18.2 Å². The molecule has 7 heteroatoms. The minimum absolute atomic E-state index is 0.292. The molecular formula is C18H20FN3O3. The minimum Gasteiger partial charge on any atom is -0.450 e. The largest absolute Gasteiger partial charge is 0.450 e. The summed E-state index contributed by atoms with van der Waals surface area (Å²) in [6.07, 6.45) is -0.522.